The topological polar surface area (TPSA) is 94.7 Å². The molecule has 0 unspecified atom stereocenters. The fourth-order valence-corrected chi connectivity index (χ4v) is 5.61. The van der Waals surface area contributed by atoms with Crippen LogP contribution in [0.25, 0.3) is 27.8 Å². The number of pyridine rings is 3. The SMILES string of the molecule is Cc1ncc(Cl)cc1C(=O)NC1CCC(Cn2c(=O)n(-c3ccc4ncccc4c3)c3cccnc32)CC1. The molecule has 0 atom stereocenters. The molecular weight excluding hydrogens is 500 g/mol. The molecule has 1 saturated carbocycles. The Kier molecular flexibility index (Phi) is 6.41. The predicted molar refractivity (Wildman–Crippen MR) is 148 cm³/mol. The number of imidazole rings is 1. The Morgan fingerprint density at radius 1 is 1.03 bits per heavy atom. The number of halogens is 1. The van der Waals surface area contributed by atoms with Gasteiger partial charge < -0.3 is 5.32 Å². The van der Waals surface area contributed by atoms with E-state index in [2.05, 4.69) is 20.3 Å². The summed E-state index contributed by atoms with van der Waals surface area (Å²) in [4.78, 5) is 39.7. The first kappa shape index (κ1) is 24.3. The summed E-state index contributed by atoms with van der Waals surface area (Å²) in [5, 5.41) is 4.57. The number of hydrogen-bond donors (Lipinski definition) is 1. The Bertz CT molecular complexity index is 1720. The van der Waals surface area contributed by atoms with Gasteiger partial charge in [0, 0.05) is 36.6 Å². The molecule has 1 fully saturated rings. The van der Waals surface area contributed by atoms with Gasteiger partial charge in [0.05, 0.1) is 33.0 Å². The van der Waals surface area contributed by atoms with E-state index in [1.54, 1.807) is 40.7 Å². The highest BCUT2D eigenvalue weighted by atomic mass is 35.5. The van der Waals surface area contributed by atoms with Crippen LogP contribution in [0.2, 0.25) is 5.02 Å². The van der Waals surface area contributed by atoms with Crippen LogP contribution in [-0.2, 0) is 6.54 Å². The molecule has 192 valence electrons. The number of carbonyl (C=O) groups is 1. The minimum absolute atomic E-state index is 0.0829. The standard InChI is InChI=1S/C29H27ClN6O2/c1-18-24(15-21(30)16-33-18)28(37)34-22-8-6-19(7-9-22)17-35-27-26(5-3-13-32-27)36(29(35)38)23-10-11-25-20(14-23)4-2-12-31-25/h2-5,10-16,19,22H,6-9,17H2,1H3,(H,34,37). The Balaban J connectivity index is 1.21. The number of aromatic nitrogens is 5. The van der Waals surface area contributed by atoms with Crippen molar-refractivity contribution >= 4 is 39.6 Å². The number of amides is 1. The molecule has 1 amide bonds. The number of carbonyl (C=O) groups excluding carboxylic acids is 1. The van der Waals surface area contributed by atoms with Crippen molar-refractivity contribution in [3.8, 4) is 5.69 Å². The predicted octanol–water partition coefficient (Wildman–Crippen LogP) is 5.08. The lowest BCUT2D eigenvalue weighted by atomic mass is 9.86. The molecular formula is C29H27ClN6O2. The first-order chi connectivity index (χ1) is 18.5. The van der Waals surface area contributed by atoms with Gasteiger partial charge in [0.25, 0.3) is 5.91 Å². The second kappa shape index (κ2) is 10.0. The van der Waals surface area contributed by atoms with E-state index >= 15 is 0 Å². The monoisotopic (exact) mass is 526 g/mol. The first-order valence-corrected chi connectivity index (χ1v) is 13.2. The van der Waals surface area contributed by atoms with Crippen molar-refractivity contribution in [3.63, 3.8) is 0 Å². The number of aryl methyl sites for hydroxylation is 1. The number of hydrogen-bond acceptors (Lipinski definition) is 5. The lowest BCUT2D eigenvalue weighted by Gasteiger charge is -2.29. The van der Waals surface area contributed by atoms with Crippen molar-refractivity contribution in [2.75, 3.05) is 0 Å². The highest BCUT2D eigenvalue weighted by molar-refractivity contribution is 6.30. The largest absolute Gasteiger partial charge is 0.349 e. The van der Waals surface area contributed by atoms with Gasteiger partial charge in [0.15, 0.2) is 5.65 Å². The van der Waals surface area contributed by atoms with Gasteiger partial charge in [0.1, 0.15) is 0 Å². The molecule has 1 aliphatic rings. The molecule has 4 heterocycles. The van der Waals surface area contributed by atoms with Crippen LogP contribution in [0.3, 0.4) is 0 Å². The molecule has 6 rings (SSSR count). The normalized spacial score (nSPS) is 17.6. The van der Waals surface area contributed by atoms with E-state index in [0.717, 1.165) is 47.8 Å². The van der Waals surface area contributed by atoms with Crippen molar-refractivity contribution in [1.29, 1.82) is 0 Å². The zero-order valence-electron chi connectivity index (χ0n) is 21.0. The third-order valence-corrected chi connectivity index (χ3v) is 7.66. The number of nitrogens with zero attached hydrogens (tertiary/aromatic N) is 5. The van der Waals surface area contributed by atoms with Crippen LogP contribution in [0.4, 0.5) is 0 Å². The maximum atomic E-state index is 13.7. The average Bonchev–Trinajstić information content (AvgIpc) is 3.21. The molecule has 0 spiro atoms. The smallest absolute Gasteiger partial charge is 0.334 e. The summed E-state index contributed by atoms with van der Waals surface area (Å²) in [6, 6.07) is 15.3. The maximum Gasteiger partial charge on any atom is 0.334 e. The van der Waals surface area contributed by atoms with Crippen LogP contribution in [0.5, 0.6) is 0 Å². The molecule has 38 heavy (non-hydrogen) atoms. The summed E-state index contributed by atoms with van der Waals surface area (Å²) in [5.41, 5.74) is 4.22. The van der Waals surface area contributed by atoms with E-state index in [-0.39, 0.29) is 17.6 Å². The van der Waals surface area contributed by atoms with Crippen LogP contribution in [0, 0.1) is 12.8 Å². The molecule has 0 aliphatic heterocycles. The van der Waals surface area contributed by atoms with E-state index in [0.29, 0.717) is 34.4 Å². The van der Waals surface area contributed by atoms with E-state index < -0.39 is 0 Å². The Morgan fingerprint density at radius 3 is 2.66 bits per heavy atom. The van der Waals surface area contributed by atoms with Crippen LogP contribution in [0.15, 0.2) is 71.9 Å². The van der Waals surface area contributed by atoms with Gasteiger partial charge in [-0.15, -0.1) is 0 Å². The molecule has 5 aromatic rings. The summed E-state index contributed by atoms with van der Waals surface area (Å²) in [7, 11) is 0. The highest BCUT2D eigenvalue weighted by Gasteiger charge is 2.26. The number of nitrogens with one attached hydrogen (secondary N) is 1. The number of rotatable bonds is 5. The third kappa shape index (κ3) is 4.56. The molecule has 0 bridgehead atoms. The quantitative estimate of drug-likeness (QED) is 0.344. The van der Waals surface area contributed by atoms with Crippen LogP contribution >= 0.6 is 11.6 Å². The summed E-state index contributed by atoms with van der Waals surface area (Å²) >= 11 is 6.04. The summed E-state index contributed by atoms with van der Waals surface area (Å²) in [5.74, 6) is 0.173. The van der Waals surface area contributed by atoms with Crippen molar-refractivity contribution in [1.82, 2.24) is 29.4 Å². The Labute approximate surface area is 224 Å². The van der Waals surface area contributed by atoms with Gasteiger partial charge >= 0.3 is 5.69 Å². The van der Waals surface area contributed by atoms with Crippen LogP contribution in [-0.4, -0.2) is 36.0 Å². The molecule has 4 aromatic heterocycles. The second-order valence-corrected chi connectivity index (χ2v) is 10.4. The van der Waals surface area contributed by atoms with Crippen molar-refractivity contribution in [2.24, 2.45) is 5.92 Å². The minimum Gasteiger partial charge on any atom is -0.349 e. The summed E-state index contributed by atoms with van der Waals surface area (Å²) < 4.78 is 3.54. The molecule has 8 nitrogen and oxygen atoms in total. The fourth-order valence-electron chi connectivity index (χ4n) is 5.45. The van der Waals surface area contributed by atoms with E-state index in [9.17, 15) is 9.59 Å². The lowest BCUT2D eigenvalue weighted by molar-refractivity contribution is 0.0919. The van der Waals surface area contributed by atoms with E-state index in [1.807, 2.05) is 42.5 Å². The van der Waals surface area contributed by atoms with E-state index in [4.69, 9.17) is 11.6 Å². The van der Waals surface area contributed by atoms with Gasteiger partial charge in [-0.2, -0.15) is 0 Å². The van der Waals surface area contributed by atoms with Gasteiger partial charge in [-0.05, 0) is 81.0 Å². The molecule has 1 aromatic carbocycles. The van der Waals surface area contributed by atoms with Crippen molar-refractivity contribution in [3.05, 3.63) is 93.9 Å². The van der Waals surface area contributed by atoms with Gasteiger partial charge in [0.2, 0.25) is 0 Å². The molecule has 0 radical (unpaired) electrons. The molecule has 1 N–H and O–H groups in total. The first-order valence-electron chi connectivity index (χ1n) is 12.8. The van der Waals surface area contributed by atoms with Crippen molar-refractivity contribution in [2.45, 2.75) is 45.2 Å². The minimum atomic E-state index is -0.143. The fraction of sp³-hybridized carbons (Fsp3) is 0.276. The summed E-state index contributed by atoms with van der Waals surface area (Å²) in [6.07, 6.45) is 8.55. The van der Waals surface area contributed by atoms with Crippen LogP contribution in [0.1, 0.15) is 41.7 Å². The van der Waals surface area contributed by atoms with E-state index in [1.165, 1.54) is 0 Å². The molecule has 9 heteroatoms. The van der Waals surface area contributed by atoms with Crippen molar-refractivity contribution < 1.29 is 4.79 Å². The maximum absolute atomic E-state index is 13.7. The third-order valence-electron chi connectivity index (χ3n) is 7.45. The second-order valence-electron chi connectivity index (χ2n) is 9.93. The molecule has 1 aliphatic carbocycles. The van der Waals surface area contributed by atoms with Gasteiger partial charge in [-0.3, -0.25) is 23.9 Å². The number of fused-ring (bicyclic) bond motifs is 2. The zero-order chi connectivity index (χ0) is 26.2. The van der Waals surface area contributed by atoms with Gasteiger partial charge in [-0.1, -0.05) is 17.7 Å². The van der Waals surface area contributed by atoms with Crippen LogP contribution < -0.4 is 11.0 Å². The average molecular weight is 527 g/mol. The summed E-state index contributed by atoms with van der Waals surface area (Å²) in [6.45, 7) is 2.39. The number of benzene rings is 1. The molecule has 0 saturated heterocycles. The van der Waals surface area contributed by atoms with Gasteiger partial charge in [-0.25, -0.2) is 9.78 Å². The zero-order valence-corrected chi connectivity index (χ0v) is 21.7. The highest BCUT2D eigenvalue weighted by Crippen LogP contribution is 2.28. The Hall–Kier alpha value is -4.04. The lowest BCUT2D eigenvalue weighted by Crippen LogP contribution is -2.39. The Morgan fingerprint density at radius 2 is 1.82 bits per heavy atom.